The molecular formula is C27H53NO6. The van der Waals surface area contributed by atoms with Gasteiger partial charge < -0.3 is 24.3 Å². The second kappa shape index (κ2) is 23.4. The Bertz CT molecular complexity index is 484. The number of alkyl carbamates (subject to hydrolysis) is 1. The molecular weight excluding hydrogens is 434 g/mol. The Morgan fingerprint density at radius 2 is 1.38 bits per heavy atom. The van der Waals surface area contributed by atoms with Gasteiger partial charge in [-0.05, 0) is 43.4 Å². The maximum absolute atomic E-state index is 12.0. The Hall–Kier alpha value is -1.34. The minimum atomic E-state index is -0.391. The number of unbranched alkanes of at least 4 members (excludes halogenated alkanes) is 6. The van der Waals surface area contributed by atoms with Gasteiger partial charge in [0, 0.05) is 20.1 Å². The second-order valence-corrected chi connectivity index (χ2v) is 9.88. The molecule has 1 amide bonds. The maximum atomic E-state index is 12.0. The normalized spacial score (nSPS) is 12.2. The van der Waals surface area contributed by atoms with E-state index in [4.69, 9.17) is 18.9 Å². The van der Waals surface area contributed by atoms with Gasteiger partial charge in [-0.3, -0.25) is 4.79 Å². The molecule has 0 aliphatic carbocycles. The highest BCUT2D eigenvalue weighted by Gasteiger charge is 2.15. The molecule has 0 spiro atoms. The number of rotatable bonds is 23. The molecule has 0 saturated heterocycles. The van der Waals surface area contributed by atoms with E-state index in [9.17, 15) is 9.59 Å². The van der Waals surface area contributed by atoms with E-state index < -0.39 is 6.09 Å². The van der Waals surface area contributed by atoms with Gasteiger partial charge in [0.25, 0.3) is 0 Å². The number of hydrogen-bond acceptors (Lipinski definition) is 6. The molecule has 34 heavy (non-hydrogen) atoms. The van der Waals surface area contributed by atoms with Crippen LogP contribution in [-0.4, -0.2) is 58.8 Å². The lowest BCUT2D eigenvalue weighted by molar-refractivity contribution is -0.144. The zero-order valence-corrected chi connectivity index (χ0v) is 22.7. The zero-order valence-electron chi connectivity index (χ0n) is 22.7. The van der Waals surface area contributed by atoms with Crippen molar-refractivity contribution in [1.29, 1.82) is 0 Å². The zero-order chi connectivity index (χ0) is 25.4. The highest BCUT2D eigenvalue weighted by Crippen LogP contribution is 2.23. The van der Waals surface area contributed by atoms with Crippen molar-refractivity contribution >= 4 is 12.1 Å². The highest BCUT2D eigenvalue weighted by atomic mass is 16.6. The molecule has 7 nitrogen and oxygen atoms in total. The third-order valence-electron chi connectivity index (χ3n) is 6.02. The summed E-state index contributed by atoms with van der Waals surface area (Å²) in [6.45, 7) is 12.0. The van der Waals surface area contributed by atoms with Crippen LogP contribution in [0.5, 0.6) is 0 Å². The number of nitrogens with one attached hydrogen (secondary N) is 1. The van der Waals surface area contributed by atoms with Crippen LogP contribution in [0.4, 0.5) is 4.79 Å². The minimum Gasteiger partial charge on any atom is -0.466 e. The van der Waals surface area contributed by atoms with Crippen LogP contribution in [0.25, 0.3) is 0 Å². The van der Waals surface area contributed by atoms with Gasteiger partial charge in [-0.1, -0.05) is 66.2 Å². The summed E-state index contributed by atoms with van der Waals surface area (Å²) < 4.78 is 20.7. The number of carbonyl (C=O) groups excluding carboxylic acids is 2. The standard InChI is InChI=1S/C27H53NO6/c1-23(2)14-15-25(24(3)4)16-19-33-26(29)13-11-9-7-6-8-10-12-18-34-27(30)28-17-20-32-22-21-31-5/h23-25H,6-22H2,1-5H3,(H,28,30). The lowest BCUT2D eigenvalue weighted by atomic mass is 9.86. The summed E-state index contributed by atoms with van der Waals surface area (Å²) in [5.74, 6) is 1.95. The smallest absolute Gasteiger partial charge is 0.407 e. The Morgan fingerprint density at radius 3 is 2.03 bits per heavy atom. The first-order valence-electron chi connectivity index (χ1n) is 13.5. The first-order valence-corrected chi connectivity index (χ1v) is 13.5. The largest absolute Gasteiger partial charge is 0.466 e. The number of methoxy groups -OCH3 is 1. The predicted octanol–water partition coefficient (Wildman–Crippen LogP) is 6.14. The summed E-state index contributed by atoms with van der Waals surface area (Å²) in [6, 6.07) is 0. The van der Waals surface area contributed by atoms with Crippen LogP contribution in [-0.2, 0) is 23.7 Å². The average Bonchev–Trinajstić information content (AvgIpc) is 2.79. The molecule has 0 aromatic heterocycles. The third-order valence-corrected chi connectivity index (χ3v) is 6.02. The number of carbonyl (C=O) groups is 2. The Kier molecular flexibility index (Phi) is 22.5. The van der Waals surface area contributed by atoms with E-state index in [1.54, 1.807) is 7.11 Å². The molecule has 0 bridgehead atoms. The van der Waals surface area contributed by atoms with Crippen molar-refractivity contribution in [3.63, 3.8) is 0 Å². The molecule has 1 unspecified atom stereocenters. The average molecular weight is 488 g/mol. The fourth-order valence-corrected chi connectivity index (χ4v) is 3.70. The monoisotopic (exact) mass is 487 g/mol. The van der Waals surface area contributed by atoms with Gasteiger partial charge in [0.15, 0.2) is 0 Å². The maximum Gasteiger partial charge on any atom is 0.407 e. The highest BCUT2D eigenvalue weighted by molar-refractivity contribution is 5.69. The number of amides is 1. The van der Waals surface area contributed by atoms with E-state index in [0.717, 1.165) is 57.3 Å². The molecule has 0 aromatic carbocycles. The number of esters is 1. The van der Waals surface area contributed by atoms with Crippen molar-refractivity contribution < 1.29 is 28.5 Å². The minimum absolute atomic E-state index is 0.0525. The molecule has 202 valence electrons. The van der Waals surface area contributed by atoms with Gasteiger partial charge in [0.05, 0.1) is 33.0 Å². The summed E-state index contributed by atoms with van der Waals surface area (Å²) in [4.78, 5) is 23.5. The SMILES string of the molecule is COCCOCCNC(=O)OCCCCCCCCCC(=O)OCCC(CCC(C)C)C(C)C. The topological polar surface area (TPSA) is 83.1 Å². The van der Waals surface area contributed by atoms with Gasteiger partial charge in [0.1, 0.15) is 0 Å². The molecule has 0 fully saturated rings. The van der Waals surface area contributed by atoms with Crippen molar-refractivity contribution in [1.82, 2.24) is 5.32 Å². The quantitative estimate of drug-likeness (QED) is 0.138. The van der Waals surface area contributed by atoms with E-state index in [1.165, 1.54) is 12.8 Å². The molecule has 0 radical (unpaired) electrons. The molecule has 0 heterocycles. The van der Waals surface area contributed by atoms with E-state index in [1.807, 2.05) is 0 Å². The Labute approximate surface area is 209 Å². The first kappa shape index (κ1) is 32.7. The lowest BCUT2D eigenvalue weighted by Gasteiger charge is -2.21. The van der Waals surface area contributed by atoms with Gasteiger partial charge in [-0.2, -0.15) is 0 Å². The van der Waals surface area contributed by atoms with Crippen molar-refractivity contribution in [2.24, 2.45) is 17.8 Å². The van der Waals surface area contributed by atoms with Gasteiger partial charge in [0.2, 0.25) is 0 Å². The van der Waals surface area contributed by atoms with Crippen LogP contribution < -0.4 is 5.32 Å². The number of hydrogen-bond donors (Lipinski definition) is 1. The number of ether oxygens (including phenoxy) is 4. The molecule has 0 aromatic rings. The summed E-state index contributed by atoms with van der Waals surface area (Å²) in [6.07, 6.45) is 10.8. The summed E-state index contributed by atoms with van der Waals surface area (Å²) in [5, 5.41) is 2.66. The van der Waals surface area contributed by atoms with Crippen molar-refractivity contribution in [2.45, 2.75) is 98.3 Å². The summed E-state index contributed by atoms with van der Waals surface area (Å²) in [5.41, 5.74) is 0. The van der Waals surface area contributed by atoms with E-state index in [0.29, 0.717) is 57.8 Å². The molecule has 0 rings (SSSR count). The molecule has 1 atom stereocenters. The molecule has 0 aliphatic rings. The van der Waals surface area contributed by atoms with Crippen molar-refractivity contribution in [3.8, 4) is 0 Å². The molecule has 0 aliphatic heterocycles. The first-order chi connectivity index (χ1) is 16.4. The van der Waals surface area contributed by atoms with Crippen molar-refractivity contribution in [3.05, 3.63) is 0 Å². The Morgan fingerprint density at radius 1 is 0.706 bits per heavy atom. The molecule has 7 heteroatoms. The van der Waals surface area contributed by atoms with Crippen LogP contribution in [0.1, 0.15) is 98.3 Å². The van der Waals surface area contributed by atoms with E-state index in [2.05, 4.69) is 33.0 Å². The molecule has 0 saturated carbocycles. The fourth-order valence-electron chi connectivity index (χ4n) is 3.70. The van der Waals surface area contributed by atoms with E-state index >= 15 is 0 Å². The summed E-state index contributed by atoms with van der Waals surface area (Å²) >= 11 is 0. The van der Waals surface area contributed by atoms with Crippen LogP contribution in [0.2, 0.25) is 0 Å². The fraction of sp³-hybridized carbons (Fsp3) is 0.926. The van der Waals surface area contributed by atoms with Crippen molar-refractivity contribution in [2.75, 3.05) is 46.7 Å². The van der Waals surface area contributed by atoms with Crippen LogP contribution in [0, 0.1) is 17.8 Å². The van der Waals surface area contributed by atoms with Crippen LogP contribution >= 0.6 is 0 Å². The third kappa shape index (κ3) is 22.5. The van der Waals surface area contributed by atoms with Crippen LogP contribution in [0.15, 0.2) is 0 Å². The Balaban J connectivity index is 3.47. The second-order valence-electron chi connectivity index (χ2n) is 9.88. The summed E-state index contributed by atoms with van der Waals surface area (Å²) in [7, 11) is 1.62. The lowest BCUT2D eigenvalue weighted by Crippen LogP contribution is -2.28. The van der Waals surface area contributed by atoms with Gasteiger partial charge in [-0.15, -0.1) is 0 Å². The predicted molar refractivity (Wildman–Crippen MR) is 137 cm³/mol. The van der Waals surface area contributed by atoms with Gasteiger partial charge in [-0.25, -0.2) is 4.79 Å². The molecule has 1 N–H and O–H groups in total. The van der Waals surface area contributed by atoms with Gasteiger partial charge >= 0.3 is 12.1 Å². The van der Waals surface area contributed by atoms with Crippen LogP contribution in [0.3, 0.4) is 0 Å². The van der Waals surface area contributed by atoms with E-state index in [-0.39, 0.29) is 5.97 Å².